The van der Waals surface area contributed by atoms with Crippen LogP contribution in [0.25, 0.3) is 0 Å². The number of amides is 3. The van der Waals surface area contributed by atoms with Crippen LogP contribution in [0.15, 0.2) is 30.3 Å². The Balaban J connectivity index is 2.91. The van der Waals surface area contributed by atoms with E-state index in [1.54, 1.807) is 30.3 Å². The summed E-state index contributed by atoms with van der Waals surface area (Å²) in [5.41, 5.74) is 11.2. The van der Waals surface area contributed by atoms with Gasteiger partial charge in [0.1, 0.15) is 12.1 Å². The summed E-state index contributed by atoms with van der Waals surface area (Å²) >= 11 is 0. The minimum Gasteiger partial charge on any atom is -0.481 e. The number of carbonyl (C=O) groups excluding carboxylic acids is 4. The first-order valence-electron chi connectivity index (χ1n) is 8.62. The minimum absolute atomic E-state index is 0.0914. The third kappa shape index (κ3) is 8.39. The van der Waals surface area contributed by atoms with E-state index in [2.05, 4.69) is 15.4 Å². The first kappa shape index (κ1) is 23.6. The van der Waals surface area contributed by atoms with Gasteiger partial charge in [-0.15, -0.1) is 0 Å². The van der Waals surface area contributed by atoms with Gasteiger partial charge in [0.05, 0.1) is 26.0 Å². The van der Waals surface area contributed by atoms with Gasteiger partial charge in [0, 0.05) is 6.42 Å². The van der Waals surface area contributed by atoms with Crippen molar-refractivity contribution in [2.45, 2.75) is 37.4 Å². The van der Waals surface area contributed by atoms with Crippen molar-refractivity contribution in [3.8, 4) is 0 Å². The Morgan fingerprint density at radius 2 is 1.59 bits per heavy atom. The van der Waals surface area contributed by atoms with Crippen LogP contribution in [-0.4, -0.2) is 60.0 Å². The van der Waals surface area contributed by atoms with Crippen molar-refractivity contribution in [2.75, 3.05) is 7.11 Å². The fourth-order valence-corrected chi connectivity index (χ4v) is 2.43. The fraction of sp³-hybridized carbons (Fsp3) is 0.389. The van der Waals surface area contributed by atoms with Crippen molar-refractivity contribution in [1.29, 1.82) is 0 Å². The van der Waals surface area contributed by atoms with Crippen LogP contribution in [0.2, 0.25) is 0 Å². The summed E-state index contributed by atoms with van der Waals surface area (Å²) in [6.45, 7) is 0. The zero-order chi connectivity index (χ0) is 22.0. The molecule has 0 aromatic heterocycles. The lowest BCUT2D eigenvalue weighted by atomic mass is 10.0. The molecule has 0 fully saturated rings. The summed E-state index contributed by atoms with van der Waals surface area (Å²) in [6, 6.07) is 4.77. The molecule has 0 saturated carbocycles. The maximum atomic E-state index is 12.6. The predicted molar refractivity (Wildman–Crippen MR) is 100 cm³/mol. The van der Waals surface area contributed by atoms with Crippen LogP contribution < -0.4 is 22.1 Å². The smallest absolute Gasteiger partial charge is 0.328 e. The van der Waals surface area contributed by atoms with E-state index in [0.29, 0.717) is 0 Å². The molecule has 0 bridgehead atoms. The Bertz CT molecular complexity index is 754. The maximum absolute atomic E-state index is 12.6. The SMILES string of the molecule is COC(=O)[C@H](Cc1ccccc1)NC(=O)[C@H](CC(=O)O)NC(=O)[C@H](N)CC(N)=O. The average molecular weight is 408 g/mol. The molecule has 0 radical (unpaired) electrons. The number of methoxy groups -OCH3 is 1. The predicted octanol–water partition coefficient (Wildman–Crippen LogP) is -1.95. The Hall–Kier alpha value is -3.47. The number of aliphatic carboxylic acids is 1. The Morgan fingerprint density at radius 3 is 2.10 bits per heavy atom. The molecule has 1 aromatic rings. The number of nitrogens with two attached hydrogens (primary N) is 2. The molecule has 0 aliphatic rings. The number of benzene rings is 1. The van der Waals surface area contributed by atoms with Crippen LogP contribution >= 0.6 is 0 Å². The van der Waals surface area contributed by atoms with Crippen molar-refractivity contribution in [3.05, 3.63) is 35.9 Å². The highest BCUT2D eigenvalue weighted by atomic mass is 16.5. The standard InChI is InChI=1S/C18H24N4O7/c1-29-18(28)13(7-10-5-3-2-4-6-10)22-17(27)12(9-15(24)25)21-16(26)11(19)8-14(20)23/h2-6,11-13H,7-9,19H2,1H3,(H2,20,23)(H,21,26)(H,22,27)(H,24,25)/t11-,12+,13+/m1/s1. The van der Waals surface area contributed by atoms with Gasteiger partial charge >= 0.3 is 11.9 Å². The Morgan fingerprint density at radius 1 is 1.00 bits per heavy atom. The van der Waals surface area contributed by atoms with Gasteiger partial charge in [0.25, 0.3) is 0 Å². The lowest BCUT2D eigenvalue weighted by Gasteiger charge is -2.22. The highest BCUT2D eigenvalue weighted by molar-refractivity contribution is 5.95. The quantitative estimate of drug-likeness (QED) is 0.261. The van der Waals surface area contributed by atoms with E-state index < -0.39 is 60.6 Å². The van der Waals surface area contributed by atoms with Gasteiger partial charge in [0.15, 0.2) is 0 Å². The van der Waals surface area contributed by atoms with E-state index in [-0.39, 0.29) is 6.42 Å². The normalized spacial score (nSPS) is 13.4. The van der Waals surface area contributed by atoms with Crippen molar-refractivity contribution in [2.24, 2.45) is 11.5 Å². The number of primary amides is 1. The topological polar surface area (TPSA) is 191 Å². The summed E-state index contributed by atoms with van der Waals surface area (Å²) in [5, 5.41) is 13.6. The largest absolute Gasteiger partial charge is 0.481 e. The molecule has 0 saturated heterocycles. The number of hydrogen-bond donors (Lipinski definition) is 5. The molecule has 0 aliphatic heterocycles. The van der Waals surface area contributed by atoms with Crippen LogP contribution in [0, 0.1) is 0 Å². The van der Waals surface area contributed by atoms with E-state index in [9.17, 15) is 24.0 Å². The molecule has 0 unspecified atom stereocenters. The van der Waals surface area contributed by atoms with Gasteiger partial charge in [0.2, 0.25) is 17.7 Å². The van der Waals surface area contributed by atoms with Crippen LogP contribution in [0.5, 0.6) is 0 Å². The van der Waals surface area contributed by atoms with Gasteiger partial charge < -0.3 is 31.9 Å². The molecular weight excluding hydrogens is 384 g/mol. The molecule has 29 heavy (non-hydrogen) atoms. The number of carboxylic acids is 1. The van der Waals surface area contributed by atoms with Crippen molar-refractivity contribution < 1.29 is 33.8 Å². The van der Waals surface area contributed by atoms with Gasteiger partial charge in [-0.25, -0.2) is 4.79 Å². The van der Waals surface area contributed by atoms with Crippen molar-refractivity contribution in [3.63, 3.8) is 0 Å². The summed E-state index contributed by atoms with van der Waals surface area (Å²) in [6.07, 6.45) is -1.15. The molecular formula is C18H24N4O7. The van der Waals surface area contributed by atoms with E-state index in [1.165, 1.54) is 0 Å². The number of ether oxygens (including phenoxy) is 1. The van der Waals surface area contributed by atoms with Gasteiger partial charge in [-0.3, -0.25) is 19.2 Å². The van der Waals surface area contributed by atoms with E-state index in [4.69, 9.17) is 16.6 Å². The van der Waals surface area contributed by atoms with Gasteiger partial charge in [-0.05, 0) is 5.56 Å². The molecule has 0 heterocycles. The van der Waals surface area contributed by atoms with E-state index in [0.717, 1.165) is 12.7 Å². The van der Waals surface area contributed by atoms with E-state index in [1.807, 2.05) is 0 Å². The van der Waals surface area contributed by atoms with E-state index >= 15 is 0 Å². The Labute approximate surface area is 166 Å². The van der Waals surface area contributed by atoms with Crippen molar-refractivity contribution in [1.82, 2.24) is 10.6 Å². The van der Waals surface area contributed by atoms with Crippen LogP contribution in [-0.2, 0) is 35.1 Å². The van der Waals surface area contributed by atoms with Gasteiger partial charge in [-0.1, -0.05) is 30.3 Å². The fourth-order valence-electron chi connectivity index (χ4n) is 2.43. The number of rotatable bonds is 11. The molecule has 3 atom stereocenters. The van der Waals surface area contributed by atoms with Crippen molar-refractivity contribution >= 4 is 29.7 Å². The molecule has 7 N–H and O–H groups in total. The molecule has 0 aliphatic carbocycles. The first-order valence-corrected chi connectivity index (χ1v) is 8.62. The number of carbonyl (C=O) groups is 5. The third-order valence-electron chi connectivity index (χ3n) is 3.85. The third-order valence-corrected chi connectivity index (χ3v) is 3.85. The average Bonchev–Trinajstić information content (AvgIpc) is 2.66. The number of hydrogen-bond acceptors (Lipinski definition) is 7. The summed E-state index contributed by atoms with van der Waals surface area (Å²) < 4.78 is 4.68. The maximum Gasteiger partial charge on any atom is 0.328 e. The summed E-state index contributed by atoms with van der Waals surface area (Å²) in [7, 11) is 1.14. The zero-order valence-corrected chi connectivity index (χ0v) is 15.8. The zero-order valence-electron chi connectivity index (χ0n) is 15.8. The molecule has 3 amide bonds. The molecule has 0 spiro atoms. The van der Waals surface area contributed by atoms with Crippen LogP contribution in [0.3, 0.4) is 0 Å². The number of esters is 1. The van der Waals surface area contributed by atoms with Crippen LogP contribution in [0.4, 0.5) is 0 Å². The highest BCUT2D eigenvalue weighted by Crippen LogP contribution is 2.06. The summed E-state index contributed by atoms with van der Waals surface area (Å²) in [4.78, 5) is 58.6. The molecule has 11 heteroatoms. The number of nitrogens with one attached hydrogen (secondary N) is 2. The lowest BCUT2D eigenvalue weighted by molar-refractivity contribution is -0.146. The lowest BCUT2D eigenvalue weighted by Crippen LogP contribution is -2.55. The molecule has 1 aromatic carbocycles. The minimum atomic E-state index is -1.53. The second kappa shape index (κ2) is 11.4. The van der Waals surface area contributed by atoms with Crippen LogP contribution in [0.1, 0.15) is 18.4 Å². The van der Waals surface area contributed by atoms with Gasteiger partial charge in [-0.2, -0.15) is 0 Å². The Kier molecular flexibility index (Phi) is 9.26. The molecule has 11 nitrogen and oxygen atoms in total. The first-order chi connectivity index (χ1) is 13.6. The second-order valence-electron chi connectivity index (χ2n) is 6.21. The monoisotopic (exact) mass is 408 g/mol. The highest BCUT2D eigenvalue weighted by Gasteiger charge is 2.30. The number of carboxylic acid groups (broad SMARTS) is 1. The summed E-state index contributed by atoms with van der Waals surface area (Å²) in [5.74, 6) is -4.79. The molecule has 1 rings (SSSR count). The molecule has 158 valence electrons. The second-order valence-corrected chi connectivity index (χ2v) is 6.21.